The number of carbonyl (C=O) groups is 2. The lowest BCUT2D eigenvalue weighted by Crippen LogP contribution is -2.31. The Kier molecular flexibility index (Phi) is 7.08. The van der Waals surface area contributed by atoms with Crippen LogP contribution < -0.4 is 5.32 Å². The summed E-state index contributed by atoms with van der Waals surface area (Å²) in [5, 5.41) is 10.1. The van der Waals surface area contributed by atoms with E-state index in [-0.39, 0.29) is 17.2 Å². The van der Waals surface area contributed by atoms with Crippen LogP contribution in [0.5, 0.6) is 0 Å². The zero-order valence-corrected chi connectivity index (χ0v) is 18.1. The van der Waals surface area contributed by atoms with Crippen LogP contribution in [-0.4, -0.2) is 54.0 Å². The van der Waals surface area contributed by atoms with Gasteiger partial charge in [0.1, 0.15) is 0 Å². The molecule has 33 heavy (non-hydrogen) atoms. The van der Waals surface area contributed by atoms with E-state index in [4.69, 9.17) is 9.90 Å². The molecule has 8 nitrogen and oxygen atoms in total. The molecule has 0 bridgehead atoms. The molecule has 2 atom stereocenters. The van der Waals surface area contributed by atoms with E-state index in [2.05, 4.69) is 10.3 Å². The summed E-state index contributed by atoms with van der Waals surface area (Å²) in [6.07, 6.45) is -0.185. The minimum Gasteiger partial charge on any atom is -0.475 e. The number of carboxylic acids is 1. The lowest BCUT2D eigenvalue weighted by atomic mass is 10.0. The van der Waals surface area contributed by atoms with Gasteiger partial charge >= 0.3 is 12.1 Å². The van der Waals surface area contributed by atoms with Crippen molar-refractivity contribution >= 4 is 21.9 Å². The monoisotopic (exact) mass is 485 g/mol. The number of benzene rings is 1. The Morgan fingerprint density at radius 2 is 1.76 bits per heavy atom. The van der Waals surface area contributed by atoms with Crippen LogP contribution in [0.4, 0.5) is 13.2 Å². The fraction of sp³-hybridized carbons (Fsp3) is 0.381. The van der Waals surface area contributed by atoms with Gasteiger partial charge in [0.25, 0.3) is 0 Å². The van der Waals surface area contributed by atoms with E-state index in [1.807, 2.05) is 12.1 Å². The van der Waals surface area contributed by atoms with Crippen LogP contribution in [0, 0.1) is 11.3 Å². The van der Waals surface area contributed by atoms with Crippen LogP contribution in [0.2, 0.25) is 0 Å². The van der Waals surface area contributed by atoms with Crippen LogP contribution in [0.3, 0.4) is 0 Å². The summed E-state index contributed by atoms with van der Waals surface area (Å²) in [6.45, 7) is 1.38. The lowest BCUT2D eigenvalue weighted by Gasteiger charge is -2.16. The number of aromatic nitrogens is 1. The Labute approximate surface area is 188 Å². The number of carbonyl (C=O) groups excluding carboxylic acids is 1. The first-order chi connectivity index (χ1) is 15.5. The molecule has 1 spiro atoms. The summed E-state index contributed by atoms with van der Waals surface area (Å²) < 4.78 is 58.8. The average molecular weight is 485 g/mol. The minimum atomic E-state index is -5.08. The van der Waals surface area contributed by atoms with Gasteiger partial charge in [-0.1, -0.05) is 18.2 Å². The fourth-order valence-corrected chi connectivity index (χ4v) is 5.34. The van der Waals surface area contributed by atoms with E-state index in [1.54, 1.807) is 42.7 Å². The van der Waals surface area contributed by atoms with Crippen LogP contribution in [0.1, 0.15) is 18.4 Å². The van der Waals surface area contributed by atoms with Gasteiger partial charge in [0.2, 0.25) is 15.9 Å². The van der Waals surface area contributed by atoms with Gasteiger partial charge in [0, 0.05) is 37.9 Å². The minimum absolute atomic E-state index is 0.0146. The van der Waals surface area contributed by atoms with Gasteiger partial charge in [-0.2, -0.15) is 17.5 Å². The molecule has 1 saturated heterocycles. The molecule has 12 heteroatoms. The number of nitrogens with zero attached hydrogens (tertiary/aromatic N) is 2. The van der Waals surface area contributed by atoms with Gasteiger partial charge in [-0.05, 0) is 48.1 Å². The summed E-state index contributed by atoms with van der Waals surface area (Å²) in [5.74, 6) is -2.84. The van der Waals surface area contributed by atoms with E-state index in [0.717, 1.165) is 18.4 Å². The molecule has 178 valence electrons. The van der Waals surface area contributed by atoms with Gasteiger partial charge in [-0.3, -0.25) is 9.78 Å². The predicted octanol–water partition coefficient (Wildman–Crippen LogP) is 2.43. The summed E-state index contributed by atoms with van der Waals surface area (Å²) in [6, 6.07) is 12.2. The molecular formula is C21H22F3N3O5S. The number of amides is 1. The summed E-state index contributed by atoms with van der Waals surface area (Å²) in [4.78, 5) is 25.6. The zero-order valence-electron chi connectivity index (χ0n) is 17.3. The summed E-state index contributed by atoms with van der Waals surface area (Å²) in [7, 11) is -3.48. The number of aliphatic carboxylic acids is 1. The van der Waals surface area contributed by atoms with Crippen LogP contribution >= 0.6 is 0 Å². The molecule has 4 rings (SSSR count). The molecule has 2 N–H and O–H groups in total. The second-order valence-corrected chi connectivity index (χ2v) is 9.83. The fourth-order valence-electron chi connectivity index (χ4n) is 3.79. The molecule has 0 radical (unpaired) electrons. The maximum absolute atomic E-state index is 12.8. The van der Waals surface area contributed by atoms with E-state index >= 15 is 0 Å². The molecule has 1 aromatic heterocycles. The Morgan fingerprint density at radius 3 is 2.33 bits per heavy atom. The number of hydrogen-bond donors (Lipinski definition) is 2. The number of hydrogen-bond acceptors (Lipinski definition) is 5. The third kappa shape index (κ3) is 5.88. The molecule has 1 amide bonds. The molecule has 2 unspecified atom stereocenters. The third-order valence-electron chi connectivity index (χ3n) is 5.70. The first-order valence-electron chi connectivity index (χ1n) is 9.98. The van der Waals surface area contributed by atoms with Crippen molar-refractivity contribution in [1.82, 2.24) is 14.6 Å². The van der Waals surface area contributed by atoms with E-state index in [0.29, 0.717) is 24.5 Å². The molecule has 2 aromatic rings. The largest absolute Gasteiger partial charge is 0.490 e. The van der Waals surface area contributed by atoms with Gasteiger partial charge in [-0.25, -0.2) is 13.2 Å². The Balaban J connectivity index is 0.000000383. The van der Waals surface area contributed by atoms with Crippen molar-refractivity contribution in [3.8, 4) is 0 Å². The number of alkyl halides is 3. The van der Waals surface area contributed by atoms with Crippen molar-refractivity contribution in [2.24, 2.45) is 11.3 Å². The SMILES string of the molecule is O=C(NCc1ccncc1)C1CC12CCN(S(=O)(=O)c1ccccc1)C2.O=C(O)C(F)(F)F. The molecule has 2 heterocycles. The highest BCUT2D eigenvalue weighted by Gasteiger charge is 2.62. The van der Waals surface area contributed by atoms with Crippen molar-refractivity contribution in [3.63, 3.8) is 0 Å². The molecule has 2 aliphatic rings. The highest BCUT2D eigenvalue weighted by molar-refractivity contribution is 7.89. The third-order valence-corrected chi connectivity index (χ3v) is 7.56. The predicted molar refractivity (Wildman–Crippen MR) is 110 cm³/mol. The van der Waals surface area contributed by atoms with E-state index in [9.17, 15) is 26.4 Å². The molecule has 1 aliphatic carbocycles. The summed E-state index contributed by atoms with van der Waals surface area (Å²) in [5.41, 5.74) is 0.812. The molecule has 1 saturated carbocycles. The summed E-state index contributed by atoms with van der Waals surface area (Å²) >= 11 is 0. The van der Waals surface area contributed by atoms with Gasteiger partial charge < -0.3 is 10.4 Å². The van der Waals surface area contributed by atoms with Gasteiger partial charge in [-0.15, -0.1) is 0 Å². The van der Waals surface area contributed by atoms with Crippen molar-refractivity contribution in [2.45, 2.75) is 30.5 Å². The van der Waals surface area contributed by atoms with Gasteiger partial charge in [0.05, 0.1) is 4.90 Å². The smallest absolute Gasteiger partial charge is 0.475 e. The highest BCUT2D eigenvalue weighted by atomic mass is 32.2. The molecule has 1 aromatic carbocycles. The second-order valence-electron chi connectivity index (χ2n) is 7.90. The number of pyridine rings is 1. The molecular weight excluding hydrogens is 463 g/mol. The maximum Gasteiger partial charge on any atom is 0.490 e. The van der Waals surface area contributed by atoms with Crippen molar-refractivity contribution in [2.75, 3.05) is 13.1 Å². The van der Waals surface area contributed by atoms with Gasteiger partial charge in [0.15, 0.2) is 0 Å². The Bertz CT molecular complexity index is 1100. The number of halogens is 3. The highest BCUT2D eigenvalue weighted by Crippen LogP contribution is 2.59. The van der Waals surface area contributed by atoms with E-state index < -0.39 is 22.2 Å². The van der Waals surface area contributed by atoms with Crippen LogP contribution in [0.25, 0.3) is 0 Å². The van der Waals surface area contributed by atoms with E-state index in [1.165, 1.54) is 4.31 Å². The maximum atomic E-state index is 12.8. The Hall–Kier alpha value is -2.99. The topological polar surface area (TPSA) is 117 Å². The van der Waals surface area contributed by atoms with Crippen molar-refractivity contribution in [3.05, 3.63) is 60.4 Å². The first kappa shape index (κ1) is 24.6. The standard InChI is InChI=1S/C19H21N3O3S.C2HF3O2/c23-18(21-13-15-6-9-20-10-7-15)17-12-19(17)8-11-22(14-19)26(24,25)16-4-2-1-3-5-16;3-2(4,5)1(6)7/h1-7,9-10,17H,8,11-14H2,(H,21,23);(H,6,7). The van der Waals surface area contributed by atoms with Crippen molar-refractivity contribution < 1.29 is 36.3 Å². The number of rotatable bonds is 5. The second kappa shape index (κ2) is 9.48. The molecule has 2 fully saturated rings. The van der Waals surface area contributed by atoms with Crippen molar-refractivity contribution in [1.29, 1.82) is 0 Å². The number of carboxylic acid groups (broad SMARTS) is 1. The van der Waals surface area contributed by atoms with Crippen LogP contribution in [0.15, 0.2) is 59.8 Å². The molecule has 1 aliphatic heterocycles. The number of sulfonamides is 1. The normalized spacial score (nSPS) is 22.3. The lowest BCUT2D eigenvalue weighted by molar-refractivity contribution is -0.192. The van der Waals surface area contributed by atoms with Crippen LogP contribution in [-0.2, 0) is 26.2 Å². The average Bonchev–Trinajstić information content (AvgIpc) is 3.31. The Morgan fingerprint density at radius 1 is 1.15 bits per heavy atom. The zero-order chi connectivity index (χ0) is 24.3. The first-order valence-corrected chi connectivity index (χ1v) is 11.4. The number of nitrogens with one attached hydrogen (secondary N) is 1. The quantitative estimate of drug-likeness (QED) is 0.672.